The Balaban J connectivity index is 1.95. The number of aromatic nitrogens is 3. The van der Waals surface area contributed by atoms with E-state index in [0.717, 1.165) is 5.75 Å². The molecule has 0 bridgehead atoms. The first-order valence-electron chi connectivity index (χ1n) is 5.10. The summed E-state index contributed by atoms with van der Waals surface area (Å²) in [6, 6.07) is 9.40. The first kappa shape index (κ1) is 10.6. The summed E-state index contributed by atoms with van der Waals surface area (Å²) < 4.78 is 5.51. The molecule has 2 rings (SSSR count). The highest BCUT2D eigenvalue weighted by molar-refractivity contribution is 5.20. The first-order valence-corrected chi connectivity index (χ1v) is 5.10. The second-order valence-electron chi connectivity index (χ2n) is 3.53. The number of nitrogens with one attached hydrogen (secondary N) is 1. The van der Waals surface area contributed by atoms with Gasteiger partial charge in [0.25, 0.3) is 0 Å². The average molecular weight is 218 g/mol. The molecule has 0 aliphatic carbocycles. The molecule has 0 spiro atoms. The molecule has 1 atom stereocenters. The Bertz CT molecular complexity index is 438. The van der Waals surface area contributed by atoms with Crippen molar-refractivity contribution in [2.75, 3.05) is 0 Å². The lowest BCUT2D eigenvalue weighted by Crippen LogP contribution is -2.07. The number of hydrogen-bond donors (Lipinski definition) is 2. The highest BCUT2D eigenvalue weighted by Gasteiger charge is 2.07. The standard InChI is InChI=1S/C11H14N4O/c1-8(12)11-13-10(14-15-11)7-16-9-5-3-2-4-6-9/h2-6,8H,7,12H2,1H3,(H,13,14,15)/t8-/m1/s1. The maximum Gasteiger partial charge on any atom is 0.167 e. The van der Waals surface area contributed by atoms with E-state index in [1.807, 2.05) is 37.3 Å². The van der Waals surface area contributed by atoms with Gasteiger partial charge in [0.2, 0.25) is 0 Å². The van der Waals surface area contributed by atoms with E-state index in [2.05, 4.69) is 15.2 Å². The van der Waals surface area contributed by atoms with Gasteiger partial charge in [-0.25, -0.2) is 4.98 Å². The van der Waals surface area contributed by atoms with Crippen LogP contribution in [0.5, 0.6) is 5.75 Å². The van der Waals surface area contributed by atoms with Gasteiger partial charge in [0.15, 0.2) is 11.6 Å². The minimum Gasteiger partial charge on any atom is -0.486 e. The predicted molar refractivity (Wildman–Crippen MR) is 59.8 cm³/mol. The molecule has 0 fully saturated rings. The van der Waals surface area contributed by atoms with Crippen LogP contribution in [0.3, 0.4) is 0 Å². The smallest absolute Gasteiger partial charge is 0.167 e. The third-order valence-electron chi connectivity index (χ3n) is 2.08. The third-order valence-corrected chi connectivity index (χ3v) is 2.08. The van der Waals surface area contributed by atoms with Crippen LogP contribution in [0.1, 0.15) is 24.6 Å². The van der Waals surface area contributed by atoms with Gasteiger partial charge in [-0.2, -0.15) is 5.10 Å². The maximum atomic E-state index is 5.65. The average Bonchev–Trinajstić information content (AvgIpc) is 2.76. The van der Waals surface area contributed by atoms with Gasteiger partial charge in [0.05, 0.1) is 6.04 Å². The van der Waals surface area contributed by atoms with Crippen molar-refractivity contribution in [1.82, 2.24) is 15.2 Å². The Kier molecular flexibility index (Phi) is 3.16. The van der Waals surface area contributed by atoms with E-state index in [0.29, 0.717) is 18.3 Å². The third kappa shape index (κ3) is 2.58. The van der Waals surface area contributed by atoms with Crippen molar-refractivity contribution >= 4 is 0 Å². The number of hydrogen-bond acceptors (Lipinski definition) is 4. The van der Waals surface area contributed by atoms with Crippen LogP contribution in [0.2, 0.25) is 0 Å². The molecule has 0 saturated heterocycles. The number of ether oxygens (including phenoxy) is 1. The number of nitrogens with two attached hydrogens (primary N) is 1. The zero-order valence-electron chi connectivity index (χ0n) is 9.05. The Labute approximate surface area is 93.7 Å². The van der Waals surface area contributed by atoms with Crippen molar-refractivity contribution in [2.45, 2.75) is 19.6 Å². The molecular formula is C11H14N4O. The van der Waals surface area contributed by atoms with E-state index in [9.17, 15) is 0 Å². The van der Waals surface area contributed by atoms with E-state index >= 15 is 0 Å². The molecule has 0 amide bonds. The van der Waals surface area contributed by atoms with E-state index in [1.165, 1.54) is 0 Å². The summed E-state index contributed by atoms with van der Waals surface area (Å²) in [7, 11) is 0. The second kappa shape index (κ2) is 4.76. The Morgan fingerprint density at radius 1 is 1.38 bits per heavy atom. The molecule has 0 aliphatic rings. The number of nitrogens with zero attached hydrogens (tertiary/aromatic N) is 2. The molecule has 1 heterocycles. The van der Waals surface area contributed by atoms with Gasteiger partial charge in [-0.1, -0.05) is 18.2 Å². The fourth-order valence-corrected chi connectivity index (χ4v) is 1.25. The first-order chi connectivity index (χ1) is 7.75. The zero-order chi connectivity index (χ0) is 11.4. The van der Waals surface area contributed by atoms with Crippen LogP contribution >= 0.6 is 0 Å². The van der Waals surface area contributed by atoms with E-state index in [-0.39, 0.29) is 6.04 Å². The largest absolute Gasteiger partial charge is 0.486 e. The van der Waals surface area contributed by atoms with Crippen molar-refractivity contribution in [1.29, 1.82) is 0 Å². The van der Waals surface area contributed by atoms with Gasteiger partial charge in [0.1, 0.15) is 12.4 Å². The number of para-hydroxylation sites is 1. The molecule has 0 saturated carbocycles. The van der Waals surface area contributed by atoms with Crippen molar-refractivity contribution in [3.63, 3.8) is 0 Å². The predicted octanol–water partition coefficient (Wildman–Crippen LogP) is 1.40. The summed E-state index contributed by atoms with van der Waals surface area (Å²) in [5.41, 5.74) is 5.65. The molecular weight excluding hydrogens is 204 g/mol. The summed E-state index contributed by atoms with van der Waals surface area (Å²) in [5.74, 6) is 2.09. The highest BCUT2D eigenvalue weighted by atomic mass is 16.5. The maximum absolute atomic E-state index is 5.65. The summed E-state index contributed by atoms with van der Waals surface area (Å²) in [5, 5.41) is 6.78. The molecule has 0 radical (unpaired) electrons. The van der Waals surface area contributed by atoms with Crippen molar-refractivity contribution in [3.8, 4) is 5.75 Å². The summed E-state index contributed by atoms with van der Waals surface area (Å²) in [6.45, 7) is 2.20. The Morgan fingerprint density at radius 3 is 2.75 bits per heavy atom. The minimum atomic E-state index is -0.165. The lowest BCUT2D eigenvalue weighted by atomic mass is 10.3. The molecule has 5 nitrogen and oxygen atoms in total. The molecule has 1 aromatic heterocycles. The molecule has 84 valence electrons. The van der Waals surface area contributed by atoms with Crippen molar-refractivity contribution < 1.29 is 4.74 Å². The molecule has 3 N–H and O–H groups in total. The van der Waals surface area contributed by atoms with Gasteiger partial charge >= 0.3 is 0 Å². The Hall–Kier alpha value is -1.88. The van der Waals surface area contributed by atoms with Crippen molar-refractivity contribution in [3.05, 3.63) is 42.0 Å². The van der Waals surface area contributed by atoms with Gasteiger partial charge in [0, 0.05) is 0 Å². The molecule has 1 aromatic carbocycles. The van der Waals surface area contributed by atoms with E-state index < -0.39 is 0 Å². The second-order valence-corrected chi connectivity index (χ2v) is 3.53. The van der Waals surface area contributed by atoms with Crippen LogP contribution in [-0.4, -0.2) is 15.2 Å². The number of H-pyrrole nitrogens is 1. The fourth-order valence-electron chi connectivity index (χ4n) is 1.25. The quantitative estimate of drug-likeness (QED) is 0.813. The van der Waals surface area contributed by atoms with Crippen LogP contribution < -0.4 is 10.5 Å². The van der Waals surface area contributed by atoms with Crippen LogP contribution in [0.15, 0.2) is 30.3 Å². The van der Waals surface area contributed by atoms with Crippen LogP contribution in [-0.2, 0) is 6.61 Å². The molecule has 0 aliphatic heterocycles. The topological polar surface area (TPSA) is 76.8 Å². The SMILES string of the molecule is C[C@@H](N)c1n[nH]c(COc2ccccc2)n1. The summed E-state index contributed by atoms with van der Waals surface area (Å²) in [6.07, 6.45) is 0. The summed E-state index contributed by atoms with van der Waals surface area (Å²) >= 11 is 0. The lowest BCUT2D eigenvalue weighted by molar-refractivity contribution is 0.296. The molecule has 0 unspecified atom stereocenters. The van der Waals surface area contributed by atoms with Gasteiger partial charge in [-0.3, -0.25) is 5.10 Å². The summed E-state index contributed by atoms with van der Waals surface area (Å²) in [4.78, 5) is 4.21. The zero-order valence-corrected chi connectivity index (χ0v) is 9.05. The van der Waals surface area contributed by atoms with Gasteiger partial charge < -0.3 is 10.5 Å². The van der Waals surface area contributed by atoms with Crippen LogP contribution in [0.25, 0.3) is 0 Å². The monoisotopic (exact) mass is 218 g/mol. The van der Waals surface area contributed by atoms with E-state index in [1.54, 1.807) is 0 Å². The minimum absolute atomic E-state index is 0.165. The lowest BCUT2D eigenvalue weighted by Gasteiger charge is -2.02. The fraction of sp³-hybridized carbons (Fsp3) is 0.273. The molecule has 16 heavy (non-hydrogen) atoms. The number of benzene rings is 1. The number of rotatable bonds is 4. The van der Waals surface area contributed by atoms with Gasteiger partial charge in [-0.15, -0.1) is 0 Å². The normalized spacial score (nSPS) is 12.4. The Morgan fingerprint density at radius 2 is 2.12 bits per heavy atom. The highest BCUT2D eigenvalue weighted by Crippen LogP contribution is 2.10. The van der Waals surface area contributed by atoms with Crippen LogP contribution in [0, 0.1) is 0 Å². The van der Waals surface area contributed by atoms with Crippen LogP contribution in [0.4, 0.5) is 0 Å². The van der Waals surface area contributed by atoms with E-state index in [4.69, 9.17) is 10.5 Å². The number of aromatic amines is 1. The molecule has 5 heteroatoms. The van der Waals surface area contributed by atoms with Crippen molar-refractivity contribution in [2.24, 2.45) is 5.73 Å². The van der Waals surface area contributed by atoms with Gasteiger partial charge in [-0.05, 0) is 19.1 Å². The molecule has 2 aromatic rings.